The monoisotopic (exact) mass is 419 g/mol. The summed E-state index contributed by atoms with van der Waals surface area (Å²) in [6.07, 6.45) is 5.07. The molecular weight excluding hydrogens is 382 g/mol. The number of likely N-dealkylation sites (N-methyl/N-ethyl adjacent to an activating group) is 1. The molecule has 1 aromatic carbocycles. The van der Waals surface area contributed by atoms with Gasteiger partial charge in [0.2, 0.25) is 5.91 Å². The Bertz CT molecular complexity index is 703. The van der Waals surface area contributed by atoms with E-state index in [-0.39, 0.29) is 16.7 Å². The fourth-order valence-corrected chi connectivity index (χ4v) is 5.70. The molecule has 6 heteroatoms. The highest BCUT2D eigenvalue weighted by atomic mass is 32.2. The van der Waals surface area contributed by atoms with Crippen molar-refractivity contribution < 1.29 is 9.00 Å². The van der Waals surface area contributed by atoms with Crippen LogP contribution in [-0.2, 0) is 22.2 Å². The third-order valence-corrected chi connectivity index (χ3v) is 7.82. The van der Waals surface area contributed by atoms with Crippen molar-refractivity contribution in [3.05, 3.63) is 35.9 Å². The summed E-state index contributed by atoms with van der Waals surface area (Å²) in [4.78, 5) is 16.9. The average Bonchev–Trinajstić information content (AvgIpc) is 2.90. The van der Waals surface area contributed by atoms with Crippen molar-refractivity contribution in [3.8, 4) is 0 Å². The van der Waals surface area contributed by atoms with E-state index in [1.54, 1.807) is 0 Å². The van der Waals surface area contributed by atoms with Crippen molar-refractivity contribution in [2.75, 3.05) is 20.6 Å². The van der Waals surface area contributed by atoms with E-state index in [0.717, 1.165) is 32.1 Å². The van der Waals surface area contributed by atoms with E-state index in [1.807, 2.05) is 45.8 Å². The van der Waals surface area contributed by atoms with Crippen LogP contribution in [0.25, 0.3) is 0 Å². The molecule has 1 unspecified atom stereocenters. The van der Waals surface area contributed by atoms with Crippen LogP contribution in [0.5, 0.6) is 0 Å². The van der Waals surface area contributed by atoms with Gasteiger partial charge in [-0.3, -0.25) is 4.79 Å². The number of benzene rings is 1. The molecule has 2 heterocycles. The summed E-state index contributed by atoms with van der Waals surface area (Å²) in [7, 11) is 2.80. The molecule has 2 bridgehead atoms. The predicted octanol–water partition coefficient (Wildman–Crippen LogP) is 2.98. The zero-order valence-corrected chi connectivity index (χ0v) is 19.4. The highest BCUT2D eigenvalue weighted by Gasteiger charge is 2.45. The molecule has 162 valence electrons. The van der Waals surface area contributed by atoms with Crippen molar-refractivity contribution in [2.45, 2.75) is 75.7 Å². The molecule has 1 aromatic rings. The van der Waals surface area contributed by atoms with Gasteiger partial charge in [-0.15, -0.1) is 0 Å². The third kappa shape index (κ3) is 5.68. The van der Waals surface area contributed by atoms with Crippen molar-refractivity contribution in [1.29, 1.82) is 0 Å². The van der Waals surface area contributed by atoms with Crippen LogP contribution < -0.4 is 4.72 Å². The summed E-state index contributed by atoms with van der Waals surface area (Å²) in [6.45, 7) is 6.53. The molecule has 0 saturated carbocycles. The van der Waals surface area contributed by atoms with Crippen LogP contribution in [0.1, 0.15) is 52.0 Å². The van der Waals surface area contributed by atoms with Gasteiger partial charge in [0.05, 0.1) is 22.3 Å². The molecule has 2 saturated heterocycles. The zero-order valence-electron chi connectivity index (χ0n) is 18.6. The van der Waals surface area contributed by atoms with Crippen LogP contribution in [-0.4, -0.2) is 63.4 Å². The van der Waals surface area contributed by atoms with Crippen LogP contribution in [0, 0.1) is 5.92 Å². The summed E-state index contributed by atoms with van der Waals surface area (Å²) >= 11 is 0. The molecule has 2 fully saturated rings. The lowest BCUT2D eigenvalue weighted by atomic mass is 9.82. The van der Waals surface area contributed by atoms with Gasteiger partial charge >= 0.3 is 0 Å². The molecule has 1 N–H and O–H groups in total. The smallest absolute Gasteiger partial charge is 0.237 e. The third-order valence-electron chi connectivity index (χ3n) is 6.19. The molecule has 29 heavy (non-hydrogen) atoms. The lowest BCUT2D eigenvalue weighted by Crippen LogP contribution is -2.54. The van der Waals surface area contributed by atoms with Gasteiger partial charge in [0.15, 0.2) is 0 Å². The average molecular weight is 420 g/mol. The van der Waals surface area contributed by atoms with E-state index in [4.69, 9.17) is 0 Å². The fourth-order valence-electron chi connectivity index (χ4n) is 4.79. The minimum absolute atomic E-state index is 0.159. The second-order valence-electron chi connectivity index (χ2n) is 9.95. The van der Waals surface area contributed by atoms with E-state index in [1.165, 1.54) is 5.56 Å². The largest absolute Gasteiger partial charge is 0.336 e. The first-order chi connectivity index (χ1) is 13.6. The molecule has 0 spiro atoms. The molecule has 3 rings (SSSR count). The summed E-state index contributed by atoms with van der Waals surface area (Å²) in [6, 6.07) is 11.3. The lowest BCUT2D eigenvalue weighted by molar-refractivity contribution is -0.137. The maximum atomic E-state index is 12.9. The Hall–Kier alpha value is -1.24. The standard InChI is InChI=1S/C23H37N3O2S/c1-23(2,3)29(28)24-21(13-17-9-7-6-8-10-17)18-14-19-11-12-20(15-18)26(19)22(27)16-25(4)5/h6-10,18-21,24H,11-16H2,1-5H3/t18?,19-,20+,21-,29+/m1/s1. The Morgan fingerprint density at radius 1 is 1.17 bits per heavy atom. The van der Waals surface area contributed by atoms with Crippen molar-refractivity contribution in [3.63, 3.8) is 0 Å². The van der Waals surface area contributed by atoms with Crippen LogP contribution in [0.2, 0.25) is 0 Å². The number of rotatable bonds is 7. The van der Waals surface area contributed by atoms with Crippen LogP contribution >= 0.6 is 0 Å². The van der Waals surface area contributed by atoms with E-state index in [0.29, 0.717) is 24.5 Å². The van der Waals surface area contributed by atoms with Crippen molar-refractivity contribution in [1.82, 2.24) is 14.5 Å². The highest BCUT2D eigenvalue weighted by Crippen LogP contribution is 2.40. The lowest BCUT2D eigenvalue weighted by Gasteiger charge is -2.42. The number of carbonyl (C=O) groups excluding carboxylic acids is 1. The summed E-state index contributed by atoms with van der Waals surface area (Å²) in [5.41, 5.74) is 1.27. The molecule has 0 aromatic heterocycles. The Morgan fingerprint density at radius 3 is 2.28 bits per heavy atom. The second kappa shape index (κ2) is 9.27. The van der Waals surface area contributed by atoms with Crippen LogP contribution in [0.3, 0.4) is 0 Å². The molecule has 0 aliphatic carbocycles. The number of nitrogens with zero attached hydrogens (tertiary/aromatic N) is 2. The molecule has 0 radical (unpaired) electrons. The zero-order chi connectivity index (χ0) is 21.2. The van der Waals surface area contributed by atoms with Gasteiger partial charge in [-0.2, -0.15) is 0 Å². The summed E-state index contributed by atoms with van der Waals surface area (Å²) in [5, 5.41) is 0. The summed E-state index contributed by atoms with van der Waals surface area (Å²) < 4.78 is 16.1. The Kier molecular flexibility index (Phi) is 7.18. The Morgan fingerprint density at radius 2 is 1.76 bits per heavy atom. The van der Waals surface area contributed by atoms with Gasteiger partial charge in [-0.25, -0.2) is 8.93 Å². The first-order valence-corrected chi connectivity index (χ1v) is 12.0. The number of hydrogen-bond acceptors (Lipinski definition) is 3. The topological polar surface area (TPSA) is 52.7 Å². The van der Waals surface area contributed by atoms with E-state index >= 15 is 0 Å². The van der Waals surface area contributed by atoms with E-state index in [9.17, 15) is 9.00 Å². The molecule has 2 aliphatic rings. The quantitative estimate of drug-likeness (QED) is 0.739. The predicted molar refractivity (Wildman–Crippen MR) is 120 cm³/mol. The SMILES string of the molecule is CN(C)CC(=O)N1[C@@H]2CC[C@H]1CC([C@@H](Cc1ccccc1)N[S@@](=O)C(C)(C)C)C2. The molecule has 1 amide bonds. The van der Waals surface area contributed by atoms with Gasteiger partial charge in [0.1, 0.15) is 0 Å². The van der Waals surface area contributed by atoms with Gasteiger partial charge in [0.25, 0.3) is 0 Å². The van der Waals surface area contributed by atoms with E-state index < -0.39 is 11.0 Å². The van der Waals surface area contributed by atoms with Crippen molar-refractivity contribution >= 4 is 16.9 Å². The molecular formula is C23H37N3O2S. The second-order valence-corrected chi connectivity index (χ2v) is 11.9. The van der Waals surface area contributed by atoms with Crippen LogP contribution in [0.4, 0.5) is 0 Å². The normalized spacial score (nSPS) is 26.6. The first kappa shape index (κ1) is 22.4. The van der Waals surface area contributed by atoms with Crippen LogP contribution in [0.15, 0.2) is 30.3 Å². The van der Waals surface area contributed by atoms with E-state index in [2.05, 4.69) is 33.9 Å². The molecule has 2 aliphatic heterocycles. The fraction of sp³-hybridized carbons (Fsp3) is 0.696. The maximum Gasteiger partial charge on any atom is 0.237 e. The minimum Gasteiger partial charge on any atom is -0.336 e. The number of nitrogens with one attached hydrogen (secondary N) is 1. The Balaban J connectivity index is 1.75. The van der Waals surface area contributed by atoms with Gasteiger partial charge in [0, 0.05) is 18.1 Å². The van der Waals surface area contributed by atoms with Gasteiger partial charge < -0.3 is 9.80 Å². The number of hydrogen-bond donors (Lipinski definition) is 1. The highest BCUT2D eigenvalue weighted by molar-refractivity contribution is 7.84. The summed E-state index contributed by atoms with van der Waals surface area (Å²) in [5.74, 6) is 0.689. The number of piperidine rings is 1. The maximum absolute atomic E-state index is 12.9. The van der Waals surface area contributed by atoms with Crippen molar-refractivity contribution in [2.24, 2.45) is 5.92 Å². The first-order valence-electron chi connectivity index (χ1n) is 10.8. The molecule has 5 atom stereocenters. The molecule has 5 nitrogen and oxygen atoms in total. The number of fused-ring (bicyclic) bond motifs is 2. The number of amides is 1. The minimum atomic E-state index is -1.11. The number of carbonyl (C=O) groups is 1. The van der Waals surface area contributed by atoms with Gasteiger partial charge in [-0.05, 0) is 78.5 Å². The Labute approximate surface area is 178 Å². The van der Waals surface area contributed by atoms with Gasteiger partial charge in [-0.1, -0.05) is 30.3 Å².